The lowest BCUT2D eigenvalue weighted by atomic mass is 9.76. The third-order valence-electron chi connectivity index (χ3n) is 7.77. The van der Waals surface area contributed by atoms with E-state index in [1.165, 1.54) is 43.3 Å². The van der Waals surface area contributed by atoms with Crippen LogP contribution in [0.3, 0.4) is 0 Å². The lowest BCUT2D eigenvalue weighted by Crippen LogP contribution is -2.53. The second-order valence-corrected chi connectivity index (χ2v) is 10.7. The number of phenols is 2. The molecule has 10 nitrogen and oxygen atoms in total. The van der Waals surface area contributed by atoms with Crippen molar-refractivity contribution >= 4 is 46.7 Å². The Morgan fingerprint density at radius 3 is 2.42 bits per heavy atom. The topological polar surface area (TPSA) is 145 Å². The van der Waals surface area contributed by atoms with Crippen molar-refractivity contribution in [1.82, 2.24) is 5.32 Å². The van der Waals surface area contributed by atoms with Crippen molar-refractivity contribution < 1.29 is 34.1 Å². The second-order valence-electron chi connectivity index (χ2n) is 10.3. The number of benzene rings is 3. The van der Waals surface area contributed by atoms with Gasteiger partial charge in [0.2, 0.25) is 17.7 Å². The van der Waals surface area contributed by atoms with Gasteiger partial charge in [0.15, 0.2) is 11.5 Å². The van der Waals surface area contributed by atoms with Crippen LogP contribution in [0.4, 0.5) is 11.4 Å². The summed E-state index contributed by atoms with van der Waals surface area (Å²) in [5, 5.41) is 26.3. The molecule has 0 aromatic heterocycles. The van der Waals surface area contributed by atoms with Crippen LogP contribution >= 0.6 is 11.6 Å². The number of phenolic OH excluding ortho intramolecular Hbond substituents is 2. The smallest absolute Gasteiger partial charge is 0.308 e. The van der Waals surface area contributed by atoms with Crippen LogP contribution in [0.5, 0.6) is 17.2 Å². The van der Waals surface area contributed by atoms with E-state index < -0.39 is 47.1 Å². The first-order valence-corrected chi connectivity index (χ1v) is 13.0. The van der Waals surface area contributed by atoms with Gasteiger partial charge in [-0.15, -0.1) is 0 Å². The lowest BCUT2D eigenvalue weighted by molar-refractivity contribution is -0.132. The fourth-order valence-electron chi connectivity index (χ4n) is 6.20. The van der Waals surface area contributed by atoms with Crippen LogP contribution in [0.1, 0.15) is 23.6 Å². The molecule has 0 saturated carbocycles. The average Bonchev–Trinajstić information content (AvgIpc) is 3.47. The molecule has 3 heterocycles. The highest BCUT2D eigenvalue weighted by Gasteiger charge is 2.70. The first kappa shape index (κ1) is 25.8. The van der Waals surface area contributed by atoms with Gasteiger partial charge >= 0.3 is 5.97 Å². The number of aryl methyl sites for hydroxylation is 1. The number of carbonyl (C=O) groups is 4. The maximum Gasteiger partial charge on any atom is 0.308 e. The average molecular weight is 562 g/mol. The number of esters is 1. The lowest BCUT2D eigenvalue weighted by Gasteiger charge is -2.30. The molecule has 3 aromatic carbocycles. The number of hydrogen-bond acceptors (Lipinski definition) is 8. The Balaban J connectivity index is 1.47. The van der Waals surface area contributed by atoms with E-state index in [9.17, 15) is 29.4 Å². The van der Waals surface area contributed by atoms with Gasteiger partial charge in [-0.05, 0) is 66.9 Å². The number of rotatable bonds is 4. The fourth-order valence-corrected chi connectivity index (χ4v) is 6.52. The van der Waals surface area contributed by atoms with Gasteiger partial charge in [-0.1, -0.05) is 23.7 Å². The number of ether oxygens (including phenoxy) is 1. The van der Waals surface area contributed by atoms with E-state index in [1.54, 1.807) is 18.2 Å². The number of amides is 3. The van der Waals surface area contributed by atoms with Crippen molar-refractivity contribution in [2.24, 2.45) is 11.8 Å². The maximum absolute atomic E-state index is 14.1. The molecule has 3 aromatic rings. The molecule has 3 amide bonds. The predicted molar refractivity (Wildman–Crippen MR) is 144 cm³/mol. The molecule has 0 bridgehead atoms. The van der Waals surface area contributed by atoms with Crippen LogP contribution in [-0.4, -0.2) is 39.9 Å². The van der Waals surface area contributed by atoms with E-state index in [0.717, 1.165) is 10.5 Å². The molecule has 2 saturated heterocycles. The summed E-state index contributed by atoms with van der Waals surface area (Å²) in [5.41, 5.74) is 0.946. The zero-order valence-electron chi connectivity index (χ0n) is 21.4. The summed E-state index contributed by atoms with van der Waals surface area (Å²) in [7, 11) is 0. The number of nitrogens with one attached hydrogen (secondary N) is 2. The number of nitrogens with zero attached hydrogens (tertiary/aromatic N) is 1. The molecule has 0 radical (unpaired) electrons. The van der Waals surface area contributed by atoms with Crippen molar-refractivity contribution in [2.45, 2.75) is 31.8 Å². The molecule has 2 fully saturated rings. The van der Waals surface area contributed by atoms with Crippen LogP contribution in [0.25, 0.3) is 0 Å². The summed E-state index contributed by atoms with van der Waals surface area (Å²) in [5.74, 6) is -4.44. The molecule has 3 aliphatic rings. The third kappa shape index (κ3) is 3.75. The Kier molecular flexibility index (Phi) is 5.86. The highest BCUT2D eigenvalue weighted by molar-refractivity contribution is 6.35. The van der Waals surface area contributed by atoms with Crippen LogP contribution in [-0.2, 0) is 31.1 Å². The molecule has 40 heavy (non-hydrogen) atoms. The predicted octanol–water partition coefficient (Wildman–Crippen LogP) is 3.15. The highest BCUT2D eigenvalue weighted by Crippen LogP contribution is 2.55. The first-order chi connectivity index (χ1) is 19.0. The van der Waals surface area contributed by atoms with Crippen molar-refractivity contribution in [3.8, 4) is 17.2 Å². The number of aromatic hydroxyl groups is 2. The quantitative estimate of drug-likeness (QED) is 0.164. The zero-order valence-corrected chi connectivity index (χ0v) is 22.2. The Labute approximate surface area is 233 Å². The van der Waals surface area contributed by atoms with Gasteiger partial charge in [-0.2, -0.15) is 0 Å². The molecule has 4 N–H and O–H groups in total. The van der Waals surface area contributed by atoms with Crippen LogP contribution in [0, 0.1) is 18.8 Å². The monoisotopic (exact) mass is 561 g/mol. The van der Waals surface area contributed by atoms with Gasteiger partial charge in [0, 0.05) is 18.5 Å². The molecule has 1 spiro atoms. The minimum atomic E-state index is -1.57. The van der Waals surface area contributed by atoms with E-state index in [4.69, 9.17) is 16.3 Å². The van der Waals surface area contributed by atoms with Gasteiger partial charge in [0.1, 0.15) is 11.3 Å². The van der Waals surface area contributed by atoms with E-state index in [1.807, 2.05) is 6.92 Å². The van der Waals surface area contributed by atoms with Crippen molar-refractivity contribution in [2.75, 3.05) is 10.2 Å². The van der Waals surface area contributed by atoms with Crippen molar-refractivity contribution in [3.05, 3.63) is 76.3 Å². The Morgan fingerprint density at radius 1 is 1.02 bits per heavy atom. The van der Waals surface area contributed by atoms with Crippen LogP contribution in [0.2, 0.25) is 5.02 Å². The largest absolute Gasteiger partial charge is 0.504 e. The van der Waals surface area contributed by atoms with E-state index in [0.29, 0.717) is 21.8 Å². The van der Waals surface area contributed by atoms with Gasteiger partial charge < -0.3 is 20.3 Å². The molecule has 11 heteroatoms. The Bertz CT molecular complexity index is 1620. The minimum absolute atomic E-state index is 0.178. The summed E-state index contributed by atoms with van der Waals surface area (Å²) >= 11 is 6.49. The molecule has 4 atom stereocenters. The van der Waals surface area contributed by atoms with Crippen LogP contribution in [0.15, 0.2) is 54.6 Å². The molecular formula is C29H24ClN3O7. The normalized spacial score (nSPS) is 24.8. The molecule has 6 rings (SSSR count). The van der Waals surface area contributed by atoms with Crippen molar-refractivity contribution in [3.63, 3.8) is 0 Å². The van der Waals surface area contributed by atoms with Crippen molar-refractivity contribution in [1.29, 1.82) is 0 Å². The van der Waals surface area contributed by atoms with E-state index >= 15 is 0 Å². The summed E-state index contributed by atoms with van der Waals surface area (Å²) in [6.45, 7) is 3.09. The van der Waals surface area contributed by atoms with Crippen LogP contribution < -0.4 is 20.3 Å². The van der Waals surface area contributed by atoms with Gasteiger partial charge in [0.05, 0.1) is 28.2 Å². The highest BCUT2D eigenvalue weighted by atomic mass is 35.5. The Hall–Kier alpha value is -4.41. The molecular weight excluding hydrogens is 538 g/mol. The number of carbonyl (C=O) groups excluding carboxylic acids is 4. The van der Waals surface area contributed by atoms with Gasteiger partial charge in [0.25, 0.3) is 0 Å². The summed E-state index contributed by atoms with van der Waals surface area (Å²) in [6.07, 6.45) is 0.178. The second kappa shape index (κ2) is 9.07. The minimum Gasteiger partial charge on any atom is -0.504 e. The number of halogens is 1. The Morgan fingerprint density at radius 2 is 1.75 bits per heavy atom. The molecule has 204 valence electrons. The summed E-state index contributed by atoms with van der Waals surface area (Å²) < 4.78 is 5.07. The molecule has 0 unspecified atom stereocenters. The summed E-state index contributed by atoms with van der Waals surface area (Å²) in [6, 6.07) is 13.1. The maximum atomic E-state index is 14.1. The number of imide groups is 1. The number of anilines is 2. The fraction of sp³-hybridized carbons (Fsp3) is 0.241. The first-order valence-electron chi connectivity index (χ1n) is 12.6. The standard InChI is InChI=1S/C29H24ClN3O7/c1-13-9-18-25(19(30)10-13)31-28(39)29(18)24-23(20(32-29)11-15-3-8-21(35)22(36)12-15)26(37)33(27(24)38)16-4-6-17(7-5-16)40-14(2)34/h3-10,12,20,23-24,32,35-36H,11H2,1-2H3,(H,31,39)/t20-,23+,24+,29-/m0/s1. The third-order valence-corrected chi connectivity index (χ3v) is 8.07. The molecule has 0 aliphatic carbocycles. The van der Waals surface area contributed by atoms with Gasteiger partial charge in [-0.3, -0.25) is 24.5 Å². The van der Waals surface area contributed by atoms with Gasteiger partial charge in [-0.25, -0.2) is 4.90 Å². The number of fused-ring (bicyclic) bond motifs is 4. The SMILES string of the molecule is CC(=O)Oc1ccc(N2C(=O)[C@@H]3[C@H](Cc4ccc(O)c(O)c4)N[C@]4(C(=O)Nc5c(Cl)cc(C)cc54)[C@H]3C2=O)cc1. The summed E-state index contributed by atoms with van der Waals surface area (Å²) in [4.78, 5) is 54.3. The molecule has 3 aliphatic heterocycles. The van der Waals surface area contributed by atoms with E-state index in [-0.39, 0.29) is 29.4 Å². The number of hydrogen-bond donors (Lipinski definition) is 4. The van der Waals surface area contributed by atoms with E-state index in [2.05, 4.69) is 10.6 Å². The zero-order chi connectivity index (χ0) is 28.5.